The van der Waals surface area contributed by atoms with Crippen molar-refractivity contribution >= 4 is 39.5 Å². The van der Waals surface area contributed by atoms with Crippen LogP contribution < -0.4 is 0 Å². The summed E-state index contributed by atoms with van der Waals surface area (Å²) in [6.07, 6.45) is 2.92. The quantitative estimate of drug-likeness (QED) is 0.332. The molecule has 4 nitrogen and oxygen atoms in total. The number of carbonyl (C=O) groups is 1. The van der Waals surface area contributed by atoms with Crippen molar-refractivity contribution in [1.82, 2.24) is 14.9 Å². The van der Waals surface area contributed by atoms with E-state index in [0.29, 0.717) is 12.2 Å². The van der Waals surface area contributed by atoms with Gasteiger partial charge in [-0.1, -0.05) is 48.5 Å². The Balaban J connectivity index is 1.49. The number of aromatic amines is 2. The molecule has 5 heteroatoms. The first-order valence-electron chi connectivity index (χ1n) is 10.8. The molecule has 5 aromatic rings. The molecule has 158 valence electrons. The molecule has 0 spiro atoms. The molecule has 1 atom stereocenters. The van der Waals surface area contributed by atoms with Gasteiger partial charge in [0.2, 0.25) is 0 Å². The lowest BCUT2D eigenvalue weighted by atomic mass is 9.92. The molecule has 0 fully saturated rings. The molecule has 0 unspecified atom stereocenters. The number of benzene rings is 3. The third kappa shape index (κ3) is 3.04. The Morgan fingerprint density at radius 1 is 0.938 bits per heavy atom. The highest BCUT2D eigenvalue weighted by Gasteiger charge is 2.35. The van der Waals surface area contributed by atoms with Crippen molar-refractivity contribution in [1.29, 1.82) is 0 Å². The van der Waals surface area contributed by atoms with Gasteiger partial charge in [0.15, 0.2) is 0 Å². The topological polar surface area (TPSA) is 51.9 Å². The standard InChI is InChI=1S/C27H23N3OS/c1-32-19-12-10-17(11-13-19)26-25-21(20-7-3-5-9-23(20)29-25)14-15-30(26)27(31)24-16-18-6-2-4-8-22(18)28-24/h2-13,16,26,28-29H,14-15H2,1H3/t26-/m1/s1. The third-order valence-corrected chi connectivity index (χ3v) is 7.23. The molecule has 0 aliphatic carbocycles. The average Bonchev–Trinajstić information content (AvgIpc) is 3.44. The Kier molecular flexibility index (Phi) is 4.58. The Morgan fingerprint density at radius 3 is 2.47 bits per heavy atom. The van der Waals surface area contributed by atoms with Gasteiger partial charge in [-0.3, -0.25) is 4.79 Å². The highest BCUT2D eigenvalue weighted by Crippen LogP contribution is 2.39. The Labute approximate surface area is 190 Å². The van der Waals surface area contributed by atoms with Crippen LogP contribution in [0, 0.1) is 0 Å². The molecule has 3 heterocycles. The second-order valence-corrected chi connectivity index (χ2v) is 9.14. The minimum absolute atomic E-state index is 0.0319. The van der Waals surface area contributed by atoms with Gasteiger partial charge < -0.3 is 14.9 Å². The van der Waals surface area contributed by atoms with E-state index in [0.717, 1.165) is 34.1 Å². The van der Waals surface area contributed by atoms with Crippen LogP contribution in [-0.4, -0.2) is 33.6 Å². The van der Waals surface area contributed by atoms with Crippen LogP contribution in [0.1, 0.15) is 33.4 Å². The summed E-state index contributed by atoms with van der Waals surface area (Å²) < 4.78 is 0. The van der Waals surface area contributed by atoms with Crippen LogP contribution in [-0.2, 0) is 6.42 Å². The molecule has 1 aliphatic rings. The van der Waals surface area contributed by atoms with Gasteiger partial charge in [0.05, 0.1) is 6.04 Å². The molecule has 3 aromatic carbocycles. The molecule has 32 heavy (non-hydrogen) atoms. The fourth-order valence-corrected chi connectivity index (χ4v) is 5.34. The first-order valence-corrected chi connectivity index (χ1v) is 12.1. The number of hydrogen-bond donors (Lipinski definition) is 2. The molecule has 0 bridgehead atoms. The largest absolute Gasteiger partial charge is 0.356 e. The maximum Gasteiger partial charge on any atom is 0.271 e. The summed E-state index contributed by atoms with van der Waals surface area (Å²) in [7, 11) is 0. The third-order valence-electron chi connectivity index (χ3n) is 6.49. The maximum atomic E-state index is 13.8. The first kappa shape index (κ1) is 19.3. The van der Waals surface area contributed by atoms with Crippen molar-refractivity contribution < 1.29 is 4.79 Å². The van der Waals surface area contributed by atoms with E-state index >= 15 is 0 Å². The highest BCUT2D eigenvalue weighted by atomic mass is 32.2. The van der Waals surface area contributed by atoms with Gasteiger partial charge in [-0.15, -0.1) is 11.8 Å². The van der Waals surface area contributed by atoms with Crippen molar-refractivity contribution in [3.8, 4) is 0 Å². The van der Waals surface area contributed by atoms with Gasteiger partial charge in [0.25, 0.3) is 5.91 Å². The summed E-state index contributed by atoms with van der Waals surface area (Å²) in [5.74, 6) is 0.0319. The zero-order valence-corrected chi connectivity index (χ0v) is 18.6. The van der Waals surface area contributed by atoms with Gasteiger partial charge in [-0.25, -0.2) is 0 Å². The molecule has 1 amide bonds. The number of carbonyl (C=O) groups excluding carboxylic acids is 1. The van der Waals surface area contributed by atoms with Gasteiger partial charge in [-0.05, 0) is 54.1 Å². The second-order valence-electron chi connectivity index (χ2n) is 8.26. The molecule has 2 N–H and O–H groups in total. The van der Waals surface area contributed by atoms with Crippen LogP contribution in [0.15, 0.2) is 83.8 Å². The molecule has 0 radical (unpaired) electrons. The van der Waals surface area contributed by atoms with Crippen molar-refractivity contribution in [2.45, 2.75) is 17.4 Å². The van der Waals surface area contributed by atoms with E-state index in [4.69, 9.17) is 0 Å². The van der Waals surface area contributed by atoms with Gasteiger partial charge >= 0.3 is 0 Å². The molecule has 0 saturated heterocycles. The number of para-hydroxylation sites is 2. The van der Waals surface area contributed by atoms with Crippen molar-refractivity contribution in [2.75, 3.05) is 12.8 Å². The van der Waals surface area contributed by atoms with E-state index in [-0.39, 0.29) is 11.9 Å². The summed E-state index contributed by atoms with van der Waals surface area (Å²) in [4.78, 5) is 24.0. The van der Waals surface area contributed by atoms with Crippen LogP contribution in [0.3, 0.4) is 0 Å². The summed E-state index contributed by atoms with van der Waals surface area (Å²) in [6.45, 7) is 0.679. The van der Waals surface area contributed by atoms with Crippen LogP contribution in [0.5, 0.6) is 0 Å². The monoisotopic (exact) mass is 437 g/mol. The van der Waals surface area contributed by atoms with E-state index in [1.54, 1.807) is 11.8 Å². The molecule has 2 aromatic heterocycles. The Bertz CT molecular complexity index is 1410. The minimum atomic E-state index is -0.152. The number of rotatable bonds is 3. The molecule has 0 saturated carbocycles. The van der Waals surface area contributed by atoms with Gasteiger partial charge in [0.1, 0.15) is 5.69 Å². The zero-order chi connectivity index (χ0) is 21.7. The number of nitrogens with one attached hydrogen (secondary N) is 2. The lowest BCUT2D eigenvalue weighted by Crippen LogP contribution is -2.40. The predicted molar refractivity (Wildman–Crippen MR) is 131 cm³/mol. The molecular weight excluding hydrogens is 414 g/mol. The molecular formula is C27H23N3OS. The average molecular weight is 438 g/mol. The van der Waals surface area contributed by atoms with Gasteiger partial charge in [0, 0.05) is 38.9 Å². The second kappa shape index (κ2) is 7.61. The van der Waals surface area contributed by atoms with Crippen LogP contribution >= 0.6 is 11.8 Å². The number of aromatic nitrogens is 2. The van der Waals surface area contributed by atoms with E-state index in [1.165, 1.54) is 15.8 Å². The van der Waals surface area contributed by atoms with E-state index in [9.17, 15) is 4.79 Å². The summed E-state index contributed by atoms with van der Waals surface area (Å²) in [5, 5.41) is 2.31. The number of thioether (sulfide) groups is 1. The number of hydrogen-bond acceptors (Lipinski definition) is 2. The number of fused-ring (bicyclic) bond motifs is 4. The normalized spacial score (nSPS) is 15.9. The van der Waals surface area contributed by atoms with E-state index in [1.807, 2.05) is 35.2 Å². The summed E-state index contributed by atoms with van der Waals surface area (Å²) in [6, 6.07) is 26.9. The Hall–Kier alpha value is -3.44. The first-order chi connectivity index (χ1) is 15.7. The Morgan fingerprint density at radius 2 is 1.69 bits per heavy atom. The maximum absolute atomic E-state index is 13.8. The summed E-state index contributed by atoms with van der Waals surface area (Å²) >= 11 is 1.73. The lowest BCUT2D eigenvalue weighted by Gasteiger charge is -2.36. The van der Waals surface area contributed by atoms with Gasteiger partial charge in [-0.2, -0.15) is 0 Å². The van der Waals surface area contributed by atoms with E-state index in [2.05, 4.69) is 64.8 Å². The van der Waals surface area contributed by atoms with Crippen LogP contribution in [0.2, 0.25) is 0 Å². The smallest absolute Gasteiger partial charge is 0.271 e. The predicted octanol–water partition coefficient (Wildman–Crippen LogP) is 6.16. The van der Waals surface area contributed by atoms with Crippen molar-refractivity contribution in [2.24, 2.45) is 0 Å². The molecule has 6 rings (SSSR count). The van der Waals surface area contributed by atoms with Crippen molar-refractivity contribution in [3.05, 3.63) is 101 Å². The van der Waals surface area contributed by atoms with Crippen molar-refractivity contribution in [3.63, 3.8) is 0 Å². The zero-order valence-electron chi connectivity index (χ0n) is 17.8. The fourth-order valence-electron chi connectivity index (χ4n) is 4.94. The number of nitrogens with zero attached hydrogens (tertiary/aromatic N) is 1. The fraction of sp³-hybridized carbons (Fsp3) is 0.148. The summed E-state index contributed by atoms with van der Waals surface area (Å²) in [5.41, 5.74) is 6.32. The minimum Gasteiger partial charge on any atom is -0.356 e. The highest BCUT2D eigenvalue weighted by molar-refractivity contribution is 7.98. The van der Waals surface area contributed by atoms with Crippen LogP contribution in [0.25, 0.3) is 21.8 Å². The molecule has 1 aliphatic heterocycles. The lowest BCUT2D eigenvalue weighted by molar-refractivity contribution is 0.0687. The number of H-pyrrole nitrogens is 2. The number of amides is 1. The van der Waals surface area contributed by atoms with Crippen LogP contribution in [0.4, 0.5) is 0 Å². The van der Waals surface area contributed by atoms with E-state index < -0.39 is 0 Å². The SMILES string of the molecule is CSc1ccc([C@@H]2c3[nH]c4ccccc4c3CCN2C(=O)c2cc3ccccc3[nH]2)cc1.